The molecule has 0 saturated carbocycles. The number of hydrogen-bond donors (Lipinski definition) is 1. The van der Waals surface area contributed by atoms with Crippen LogP contribution in [0.2, 0.25) is 0 Å². The van der Waals surface area contributed by atoms with Gasteiger partial charge in [-0.15, -0.1) is 11.3 Å². The molecule has 0 atom stereocenters. The predicted octanol–water partition coefficient (Wildman–Crippen LogP) is 4.39. The van der Waals surface area contributed by atoms with Crippen LogP contribution in [0.1, 0.15) is 20.8 Å². The molecule has 0 aliphatic carbocycles. The molecule has 3 nitrogen and oxygen atoms in total. The van der Waals surface area contributed by atoms with E-state index in [1.165, 1.54) is 15.8 Å². The molecular weight excluding hydrogens is 418 g/mol. The molecule has 0 fully saturated rings. The third kappa shape index (κ3) is 4.92. The lowest BCUT2D eigenvalue weighted by atomic mass is 10.1. The standard InChI is InChI=1S/C15H15Br2NO2S/c1-20-15(19)10-2-3-11(13(16)8-10)9-18-7-6-12-4-5-14(17)21-12/h2-5,8,18H,6-7,9H2,1H3. The van der Waals surface area contributed by atoms with Gasteiger partial charge in [0.15, 0.2) is 0 Å². The van der Waals surface area contributed by atoms with Gasteiger partial charge in [0, 0.05) is 22.4 Å². The van der Waals surface area contributed by atoms with Gasteiger partial charge >= 0.3 is 5.97 Å². The lowest BCUT2D eigenvalue weighted by molar-refractivity contribution is 0.0600. The van der Waals surface area contributed by atoms with E-state index in [9.17, 15) is 4.79 Å². The molecule has 1 aromatic carbocycles. The Morgan fingerprint density at radius 2 is 2.10 bits per heavy atom. The van der Waals surface area contributed by atoms with E-state index in [4.69, 9.17) is 4.74 Å². The zero-order chi connectivity index (χ0) is 15.2. The van der Waals surface area contributed by atoms with E-state index in [-0.39, 0.29) is 5.97 Å². The molecule has 0 bridgehead atoms. The second-order valence-corrected chi connectivity index (χ2v) is 7.83. The summed E-state index contributed by atoms with van der Waals surface area (Å²) in [6.45, 7) is 1.67. The Labute approximate surface area is 145 Å². The second kappa shape index (κ2) is 8.08. The minimum Gasteiger partial charge on any atom is -0.465 e. The van der Waals surface area contributed by atoms with Gasteiger partial charge < -0.3 is 10.1 Å². The average molecular weight is 433 g/mol. The Hall–Kier alpha value is -0.690. The monoisotopic (exact) mass is 431 g/mol. The van der Waals surface area contributed by atoms with E-state index in [1.54, 1.807) is 23.5 Å². The van der Waals surface area contributed by atoms with Crippen molar-refractivity contribution < 1.29 is 9.53 Å². The highest BCUT2D eigenvalue weighted by Crippen LogP contribution is 2.22. The van der Waals surface area contributed by atoms with Crippen molar-refractivity contribution >= 4 is 49.2 Å². The van der Waals surface area contributed by atoms with Gasteiger partial charge in [0.25, 0.3) is 0 Å². The number of carbonyl (C=O) groups is 1. The van der Waals surface area contributed by atoms with Crippen LogP contribution in [0.5, 0.6) is 0 Å². The first kappa shape index (κ1) is 16.7. The minimum atomic E-state index is -0.321. The van der Waals surface area contributed by atoms with E-state index < -0.39 is 0 Å². The van der Waals surface area contributed by atoms with E-state index in [2.05, 4.69) is 49.3 Å². The molecule has 112 valence electrons. The summed E-state index contributed by atoms with van der Waals surface area (Å²) in [5.74, 6) is -0.321. The molecule has 2 aromatic rings. The third-order valence-corrected chi connectivity index (χ3v) is 5.39. The number of benzene rings is 1. The highest BCUT2D eigenvalue weighted by Gasteiger charge is 2.08. The van der Waals surface area contributed by atoms with Gasteiger partial charge in [-0.3, -0.25) is 0 Å². The van der Waals surface area contributed by atoms with Gasteiger partial charge in [-0.05, 0) is 52.2 Å². The average Bonchev–Trinajstić information content (AvgIpc) is 2.89. The summed E-state index contributed by atoms with van der Waals surface area (Å²) in [4.78, 5) is 12.8. The molecule has 0 radical (unpaired) electrons. The molecule has 21 heavy (non-hydrogen) atoms. The molecule has 1 aromatic heterocycles. The third-order valence-electron chi connectivity index (χ3n) is 2.97. The molecule has 2 rings (SSSR count). The summed E-state index contributed by atoms with van der Waals surface area (Å²) >= 11 is 8.72. The van der Waals surface area contributed by atoms with Crippen molar-refractivity contribution in [1.29, 1.82) is 0 Å². The fraction of sp³-hybridized carbons (Fsp3) is 0.267. The number of carbonyl (C=O) groups excluding carboxylic acids is 1. The zero-order valence-corrected chi connectivity index (χ0v) is 15.5. The number of rotatable bonds is 6. The van der Waals surface area contributed by atoms with E-state index >= 15 is 0 Å². The van der Waals surface area contributed by atoms with Crippen LogP contribution in [-0.4, -0.2) is 19.6 Å². The van der Waals surface area contributed by atoms with Crippen LogP contribution in [0, 0.1) is 0 Å². The first-order valence-corrected chi connectivity index (χ1v) is 8.82. The summed E-state index contributed by atoms with van der Waals surface area (Å²) in [7, 11) is 1.38. The summed E-state index contributed by atoms with van der Waals surface area (Å²) in [5.41, 5.74) is 1.67. The van der Waals surface area contributed by atoms with Gasteiger partial charge in [0.2, 0.25) is 0 Å². The van der Waals surface area contributed by atoms with E-state index in [0.29, 0.717) is 5.56 Å². The lowest BCUT2D eigenvalue weighted by Gasteiger charge is -2.08. The normalized spacial score (nSPS) is 10.6. The molecule has 0 amide bonds. The number of nitrogens with one attached hydrogen (secondary N) is 1. The van der Waals surface area contributed by atoms with Crippen LogP contribution < -0.4 is 5.32 Å². The van der Waals surface area contributed by atoms with Crippen LogP contribution in [0.15, 0.2) is 38.6 Å². The topological polar surface area (TPSA) is 38.3 Å². The summed E-state index contributed by atoms with van der Waals surface area (Å²) in [6, 6.07) is 9.72. The number of halogens is 2. The smallest absolute Gasteiger partial charge is 0.337 e. The van der Waals surface area contributed by atoms with Gasteiger partial charge in [-0.2, -0.15) is 0 Å². The highest BCUT2D eigenvalue weighted by atomic mass is 79.9. The van der Waals surface area contributed by atoms with Crippen molar-refractivity contribution in [3.05, 3.63) is 54.6 Å². The molecule has 0 aliphatic heterocycles. The van der Waals surface area contributed by atoms with Crippen LogP contribution in [0.25, 0.3) is 0 Å². The van der Waals surface area contributed by atoms with Gasteiger partial charge in [0.1, 0.15) is 0 Å². The maximum absolute atomic E-state index is 11.4. The Balaban J connectivity index is 1.84. The summed E-state index contributed by atoms with van der Waals surface area (Å²) < 4.78 is 6.78. The van der Waals surface area contributed by atoms with Crippen LogP contribution in [0.3, 0.4) is 0 Å². The number of ether oxygens (including phenoxy) is 1. The predicted molar refractivity (Wildman–Crippen MR) is 92.9 cm³/mol. The Bertz CT molecular complexity index is 628. The van der Waals surface area contributed by atoms with Crippen molar-refractivity contribution in [2.45, 2.75) is 13.0 Å². The fourth-order valence-electron chi connectivity index (χ4n) is 1.86. The first-order valence-electron chi connectivity index (χ1n) is 6.42. The zero-order valence-electron chi connectivity index (χ0n) is 11.5. The van der Waals surface area contributed by atoms with Gasteiger partial charge in [-0.25, -0.2) is 4.79 Å². The Kier molecular flexibility index (Phi) is 6.41. The Morgan fingerprint density at radius 3 is 2.71 bits per heavy atom. The molecule has 0 aliphatic rings. The quantitative estimate of drug-likeness (QED) is 0.543. The molecule has 6 heteroatoms. The maximum atomic E-state index is 11.4. The molecule has 0 spiro atoms. The second-order valence-electron chi connectivity index (χ2n) is 4.43. The fourth-order valence-corrected chi connectivity index (χ4v) is 3.86. The van der Waals surface area contributed by atoms with Crippen LogP contribution >= 0.6 is 43.2 Å². The number of hydrogen-bond acceptors (Lipinski definition) is 4. The van der Waals surface area contributed by atoms with E-state index in [1.807, 2.05) is 6.07 Å². The van der Waals surface area contributed by atoms with E-state index in [0.717, 1.165) is 29.5 Å². The molecule has 0 saturated heterocycles. The summed E-state index contributed by atoms with van der Waals surface area (Å²) in [5, 5.41) is 3.41. The number of esters is 1. The largest absolute Gasteiger partial charge is 0.465 e. The number of methoxy groups -OCH3 is 1. The molecule has 1 N–H and O–H groups in total. The van der Waals surface area contributed by atoms with Gasteiger partial charge in [0.05, 0.1) is 16.5 Å². The summed E-state index contributed by atoms with van der Waals surface area (Å²) in [6.07, 6.45) is 1.01. The van der Waals surface area contributed by atoms with Crippen LogP contribution in [0.4, 0.5) is 0 Å². The molecule has 0 unspecified atom stereocenters. The molecule has 1 heterocycles. The SMILES string of the molecule is COC(=O)c1ccc(CNCCc2ccc(Br)s2)c(Br)c1. The highest BCUT2D eigenvalue weighted by molar-refractivity contribution is 9.11. The van der Waals surface area contributed by atoms with Crippen molar-refractivity contribution in [2.24, 2.45) is 0 Å². The maximum Gasteiger partial charge on any atom is 0.337 e. The van der Waals surface area contributed by atoms with Crippen molar-refractivity contribution in [3.8, 4) is 0 Å². The van der Waals surface area contributed by atoms with Crippen molar-refractivity contribution in [2.75, 3.05) is 13.7 Å². The van der Waals surface area contributed by atoms with Crippen LogP contribution in [-0.2, 0) is 17.7 Å². The lowest BCUT2D eigenvalue weighted by Crippen LogP contribution is -2.16. The Morgan fingerprint density at radius 1 is 1.29 bits per heavy atom. The minimum absolute atomic E-state index is 0.321. The van der Waals surface area contributed by atoms with Crippen molar-refractivity contribution in [3.63, 3.8) is 0 Å². The van der Waals surface area contributed by atoms with Crippen molar-refractivity contribution in [1.82, 2.24) is 5.32 Å². The molecular formula is C15H15Br2NO2S. The van der Waals surface area contributed by atoms with Gasteiger partial charge in [-0.1, -0.05) is 22.0 Å². The first-order chi connectivity index (χ1) is 10.1. The number of thiophene rings is 1.